The number of hydrogen-bond donors (Lipinski definition) is 1. The molecular weight excluding hydrogens is 512 g/mol. The smallest absolute Gasteiger partial charge is 0.344 e. The number of amides is 1. The van der Waals surface area contributed by atoms with Crippen LogP contribution in [0.3, 0.4) is 0 Å². The van der Waals surface area contributed by atoms with Crippen LogP contribution in [0, 0.1) is 0 Å². The summed E-state index contributed by atoms with van der Waals surface area (Å²) in [5.74, 6) is 1.16. The van der Waals surface area contributed by atoms with Crippen molar-refractivity contribution in [2.75, 3.05) is 46.6 Å². The Labute approximate surface area is 229 Å². The van der Waals surface area contributed by atoms with E-state index in [9.17, 15) is 9.59 Å². The molecule has 38 heavy (non-hydrogen) atoms. The summed E-state index contributed by atoms with van der Waals surface area (Å²) < 4.78 is 27.5. The molecule has 1 N–H and O–H groups in total. The lowest BCUT2D eigenvalue weighted by molar-refractivity contribution is -0.145. The number of hydrogen-bond acceptors (Lipinski definition) is 8. The van der Waals surface area contributed by atoms with Gasteiger partial charge < -0.3 is 33.9 Å². The monoisotopic (exact) mass is 548 g/mol. The number of nitrogens with one attached hydrogen (secondary N) is 1. The van der Waals surface area contributed by atoms with Crippen molar-refractivity contribution >= 4 is 23.5 Å². The molecule has 0 unspecified atom stereocenters. The van der Waals surface area contributed by atoms with Crippen molar-refractivity contribution < 1.29 is 33.3 Å². The Morgan fingerprint density at radius 3 is 2.13 bits per heavy atom. The molecule has 2 aromatic rings. The normalized spacial score (nSPS) is 13.5. The Bertz CT molecular complexity index is 1060. The van der Waals surface area contributed by atoms with E-state index >= 15 is 0 Å². The highest BCUT2D eigenvalue weighted by atomic mass is 35.5. The summed E-state index contributed by atoms with van der Waals surface area (Å²) in [6.07, 6.45) is 1.62. The van der Waals surface area contributed by atoms with Crippen LogP contribution in [0.5, 0.6) is 23.0 Å². The molecule has 0 saturated carbocycles. The second kappa shape index (κ2) is 14.7. The lowest BCUT2D eigenvalue weighted by atomic mass is 10.0. The highest BCUT2D eigenvalue weighted by Crippen LogP contribution is 2.37. The second-order valence-electron chi connectivity index (χ2n) is 8.68. The first-order valence-electron chi connectivity index (χ1n) is 13.0. The first-order valence-corrected chi connectivity index (χ1v) is 13.3. The van der Waals surface area contributed by atoms with Crippen LogP contribution in [0.4, 0.5) is 0 Å². The van der Waals surface area contributed by atoms with Gasteiger partial charge in [-0.1, -0.05) is 11.6 Å². The van der Waals surface area contributed by atoms with E-state index in [-0.39, 0.29) is 25.2 Å². The highest BCUT2D eigenvalue weighted by Gasteiger charge is 2.28. The van der Waals surface area contributed by atoms with Gasteiger partial charge in [0.05, 0.1) is 26.9 Å². The molecule has 208 valence electrons. The number of carbonyl (C=O) groups is 2. The van der Waals surface area contributed by atoms with Crippen molar-refractivity contribution in [3.8, 4) is 23.0 Å². The first-order chi connectivity index (χ1) is 18.4. The molecule has 1 fully saturated rings. The van der Waals surface area contributed by atoms with Crippen LogP contribution in [-0.2, 0) is 16.1 Å². The quantitative estimate of drug-likeness (QED) is 0.366. The Morgan fingerprint density at radius 2 is 1.55 bits per heavy atom. The molecule has 1 aliphatic heterocycles. The van der Waals surface area contributed by atoms with Gasteiger partial charge in [-0.15, -0.1) is 0 Å². The maximum absolute atomic E-state index is 14.0. The lowest BCUT2D eigenvalue weighted by Crippen LogP contribution is -2.45. The largest absolute Gasteiger partial charge is 0.497 e. The van der Waals surface area contributed by atoms with E-state index in [1.54, 1.807) is 25.1 Å². The fourth-order valence-electron chi connectivity index (χ4n) is 4.33. The number of nitrogens with zero attached hydrogens (tertiary/aromatic N) is 1. The average Bonchev–Trinajstić information content (AvgIpc) is 2.93. The Hall–Kier alpha value is -3.17. The van der Waals surface area contributed by atoms with E-state index in [1.165, 1.54) is 7.11 Å². The Kier molecular flexibility index (Phi) is 11.4. The maximum atomic E-state index is 14.0. The molecule has 10 heteroatoms. The molecular formula is C28H37ClN2O7. The van der Waals surface area contributed by atoms with Crippen molar-refractivity contribution in [1.29, 1.82) is 0 Å². The van der Waals surface area contributed by atoms with Gasteiger partial charge in [0.2, 0.25) is 0 Å². The third-order valence-corrected chi connectivity index (χ3v) is 6.43. The van der Waals surface area contributed by atoms with E-state index in [2.05, 4.69) is 5.32 Å². The maximum Gasteiger partial charge on any atom is 0.344 e. The van der Waals surface area contributed by atoms with Crippen LogP contribution >= 0.6 is 11.6 Å². The predicted molar refractivity (Wildman–Crippen MR) is 145 cm³/mol. The summed E-state index contributed by atoms with van der Waals surface area (Å²) in [6, 6.07) is 8.65. The summed E-state index contributed by atoms with van der Waals surface area (Å²) in [4.78, 5) is 27.7. The molecule has 0 aliphatic carbocycles. The van der Waals surface area contributed by atoms with Crippen LogP contribution in [0.25, 0.3) is 0 Å². The van der Waals surface area contributed by atoms with Gasteiger partial charge >= 0.3 is 5.97 Å². The van der Waals surface area contributed by atoms with Crippen LogP contribution in [0.15, 0.2) is 30.3 Å². The van der Waals surface area contributed by atoms with Gasteiger partial charge in [0.15, 0.2) is 6.61 Å². The van der Waals surface area contributed by atoms with E-state index in [0.29, 0.717) is 53.3 Å². The molecule has 1 heterocycles. The minimum atomic E-state index is -0.488. The van der Waals surface area contributed by atoms with Crippen LogP contribution < -0.4 is 24.3 Å². The molecule has 0 aromatic heterocycles. The number of piperidine rings is 1. The fourth-order valence-corrected chi connectivity index (χ4v) is 4.55. The van der Waals surface area contributed by atoms with Crippen molar-refractivity contribution in [3.05, 3.63) is 46.5 Å². The van der Waals surface area contributed by atoms with E-state index in [4.69, 9.17) is 35.3 Å². The molecule has 1 saturated heterocycles. The lowest BCUT2D eigenvalue weighted by Gasteiger charge is -2.35. The summed E-state index contributed by atoms with van der Waals surface area (Å²) in [5, 5.41) is 3.77. The molecule has 0 bridgehead atoms. The topological polar surface area (TPSA) is 95.6 Å². The molecule has 1 amide bonds. The molecule has 1 aliphatic rings. The summed E-state index contributed by atoms with van der Waals surface area (Å²) >= 11 is 6.50. The van der Waals surface area contributed by atoms with Gasteiger partial charge in [-0.3, -0.25) is 4.79 Å². The molecule has 0 spiro atoms. The standard InChI is InChI=1S/C28H37ClN2O7/c1-5-35-24-12-19(13-25(27(24)29)36-6-2)17-31(21-8-10-30-11-9-21)28(33)20-14-22(34-4)16-23(15-20)38-18-26(32)37-7-3/h12-16,21,30H,5-11,17-18H2,1-4H3. The molecule has 0 atom stereocenters. The predicted octanol–water partition coefficient (Wildman–Crippen LogP) is 4.48. The number of rotatable bonds is 13. The highest BCUT2D eigenvalue weighted by molar-refractivity contribution is 6.33. The van der Waals surface area contributed by atoms with Gasteiger partial charge in [-0.05, 0) is 76.5 Å². The Morgan fingerprint density at radius 1 is 0.921 bits per heavy atom. The van der Waals surface area contributed by atoms with E-state index in [0.717, 1.165) is 31.5 Å². The molecule has 2 aromatic carbocycles. The molecule has 9 nitrogen and oxygen atoms in total. The summed E-state index contributed by atoms with van der Waals surface area (Å²) in [5.41, 5.74) is 1.24. The molecule has 3 rings (SSSR count). The SMILES string of the molecule is CCOC(=O)COc1cc(OC)cc(C(=O)N(Cc2cc(OCC)c(Cl)c(OCC)c2)C2CCNCC2)c1. The zero-order valence-corrected chi connectivity index (χ0v) is 23.3. The minimum absolute atomic E-state index is 0.0145. The number of esters is 1. The van der Waals surface area contributed by atoms with Crippen LogP contribution in [0.2, 0.25) is 5.02 Å². The van der Waals surface area contributed by atoms with Gasteiger partial charge in [0, 0.05) is 24.2 Å². The molecule has 0 radical (unpaired) electrons. The van der Waals surface area contributed by atoms with Crippen molar-refractivity contribution in [2.45, 2.75) is 46.2 Å². The first kappa shape index (κ1) is 29.4. The minimum Gasteiger partial charge on any atom is -0.497 e. The second-order valence-corrected chi connectivity index (χ2v) is 9.06. The fraction of sp³-hybridized carbons (Fsp3) is 0.500. The number of benzene rings is 2. The van der Waals surface area contributed by atoms with Crippen LogP contribution in [-0.4, -0.2) is 69.4 Å². The van der Waals surface area contributed by atoms with E-state index in [1.807, 2.05) is 30.9 Å². The third kappa shape index (κ3) is 7.91. The number of halogens is 1. The van der Waals surface area contributed by atoms with E-state index < -0.39 is 5.97 Å². The zero-order chi connectivity index (χ0) is 27.5. The van der Waals surface area contributed by atoms with Gasteiger partial charge in [-0.25, -0.2) is 4.79 Å². The summed E-state index contributed by atoms with van der Waals surface area (Å²) in [6.45, 7) is 8.35. The average molecular weight is 549 g/mol. The third-order valence-electron chi connectivity index (χ3n) is 6.05. The van der Waals surface area contributed by atoms with Gasteiger partial charge in [0.1, 0.15) is 28.0 Å². The number of methoxy groups -OCH3 is 1. The van der Waals surface area contributed by atoms with Crippen molar-refractivity contribution in [3.63, 3.8) is 0 Å². The van der Waals surface area contributed by atoms with Crippen LogP contribution in [0.1, 0.15) is 49.5 Å². The van der Waals surface area contributed by atoms with Gasteiger partial charge in [-0.2, -0.15) is 0 Å². The van der Waals surface area contributed by atoms with Crippen molar-refractivity contribution in [1.82, 2.24) is 10.2 Å². The Balaban J connectivity index is 1.95. The van der Waals surface area contributed by atoms with Gasteiger partial charge in [0.25, 0.3) is 5.91 Å². The zero-order valence-electron chi connectivity index (χ0n) is 22.5. The number of ether oxygens (including phenoxy) is 5. The number of carbonyl (C=O) groups excluding carboxylic acids is 2. The van der Waals surface area contributed by atoms with Crippen molar-refractivity contribution in [2.24, 2.45) is 0 Å². The summed E-state index contributed by atoms with van der Waals surface area (Å²) in [7, 11) is 1.52.